The van der Waals surface area contributed by atoms with Gasteiger partial charge in [-0.25, -0.2) is 0 Å². The average Bonchev–Trinajstić information content (AvgIpc) is 2.85. The largest absolute Gasteiger partial charge is 0.458 e. The highest BCUT2D eigenvalue weighted by molar-refractivity contribution is 5.66. The van der Waals surface area contributed by atoms with E-state index in [1.54, 1.807) is 0 Å². The molecule has 0 bridgehead atoms. The van der Waals surface area contributed by atoms with Crippen molar-refractivity contribution in [1.29, 1.82) is 0 Å². The van der Waals surface area contributed by atoms with Crippen molar-refractivity contribution < 1.29 is 19.4 Å². The van der Waals surface area contributed by atoms with Crippen LogP contribution in [-0.2, 0) is 20.7 Å². The van der Waals surface area contributed by atoms with Crippen LogP contribution in [0.1, 0.15) is 71.8 Å². The normalized spacial score (nSPS) is 32.4. The minimum atomic E-state index is -0.794. The summed E-state index contributed by atoms with van der Waals surface area (Å²) in [5.74, 6) is 1.03. The van der Waals surface area contributed by atoms with Gasteiger partial charge in [-0.1, -0.05) is 50.3 Å². The van der Waals surface area contributed by atoms with Crippen molar-refractivity contribution in [3.8, 4) is 0 Å². The maximum atomic E-state index is 11.8. The molecule has 0 amide bonds. The standard InChI is InChI=1S/C31H47NO4/c1-22-19-29-28(13-12-24(3)31(29,34)20-30(22)36-25(4)33)23(2)21-32-16-14-27(15-17-32)35-18-8-11-26-9-6-5-7-10-26/h5-7,9-10,19,23-24,27-30,34H,8,11-18,20-21H2,1-4H3/t23-,24-,28+,29-,30-,31-/m1/s1. The molecular formula is C31H47NO4. The Morgan fingerprint density at radius 1 is 1.17 bits per heavy atom. The number of carbonyl (C=O) groups excluding carboxylic acids is 1. The van der Waals surface area contributed by atoms with Gasteiger partial charge < -0.3 is 19.5 Å². The molecule has 0 unspecified atom stereocenters. The number of piperidine rings is 1. The van der Waals surface area contributed by atoms with Crippen LogP contribution < -0.4 is 0 Å². The first-order valence-corrected chi connectivity index (χ1v) is 14.2. The van der Waals surface area contributed by atoms with Crippen LogP contribution in [-0.4, -0.2) is 60.0 Å². The van der Waals surface area contributed by atoms with Gasteiger partial charge in [0.25, 0.3) is 0 Å². The van der Waals surface area contributed by atoms with Crippen LogP contribution in [0.15, 0.2) is 42.0 Å². The van der Waals surface area contributed by atoms with Crippen molar-refractivity contribution in [2.75, 3.05) is 26.2 Å². The zero-order valence-corrected chi connectivity index (χ0v) is 22.8. The van der Waals surface area contributed by atoms with E-state index in [4.69, 9.17) is 9.47 Å². The maximum absolute atomic E-state index is 11.8. The van der Waals surface area contributed by atoms with Crippen LogP contribution in [0.25, 0.3) is 0 Å². The Morgan fingerprint density at radius 2 is 1.89 bits per heavy atom. The molecule has 5 heteroatoms. The van der Waals surface area contributed by atoms with Gasteiger partial charge in [0.1, 0.15) is 6.10 Å². The Morgan fingerprint density at radius 3 is 2.58 bits per heavy atom. The average molecular weight is 498 g/mol. The van der Waals surface area contributed by atoms with Gasteiger partial charge in [0.15, 0.2) is 0 Å². The van der Waals surface area contributed by atoms with Crippen molar-refractivity contribution in [3.05, 3.63) is 47.5 Å². The zero-order valence-electron chi connectivity index (χ0n) is 22.8. The first kappa shape index (κ1) is 27.3. The fraction of sp³-hybridized carbons (Fsp3) is 0.710. The molecule has 4 rings (SSSR count). The minimum Gasteiger partial charge on any atom is -0.458 e. The van der Waals surface area contributed by atoms with Crippen LogP contribution in [0.4, 0.5) is 0 Å². The van der Waals surface area contributed by atoms with Crippen molar-refractivity contribution >= 4 is 5.97 Å². The number of hydrogen-bond acceptors (Lipinski definition) is 5. The van der Waals surface area contributed by atoms with Gasteiger partial charge in [-0.05, 0) is 74.3 Å². The maximum Gasteiger partial charge on any atom is 0.303 e. The van der Waals surface area contributed by atoms with E-state index in [9.17, 15) is 9.90 Å². The van der Waals surface area contributed by atoms with E-state index >= 15 is 0 Å². The molecule has 5 nitrogen and oxygen atoms in total. The third kappa shape index (κ3) is 6.59. The van der Waals surface area contributed by atoms with E-state index in [0.29, 0.717) is 24.4 Å². The summed E-state index contributed by atoms with van der Waals surface area (Å²) >= 11 is 0. The lowest BCUT2D eigenvalue weighted by Crippen LogP contribution is -2.56. The number of aryl methyl sites for hydroxylation is 1. The van der Waals surface area contributed by atoms with E-state index in [2.05, 4.69) is 62.1 Å². The third-order valence-corrected chi connectivity index (χ3v) is 9.21. The first-order chi connectivity index (χ1) is 17.3. The monoisotopic (exact) mass is 497 g/mol. The minimum absolute atomic E-state index is 0.133. The zero-order chi connectivity index (χ0) is 25.7. The van der Waals surface area contributed by atoms with Gasteiger partial charge in [-0.15, -0.1) is 0 Å². The molecule has 1 heterocycles. The smallest absolute Gasteiger partial charge is 0.303 e. The second-order valence-corrected chi connectivity index (χ2v) is 11.8. The van der Waals surface area contributed by atoms with Gasteiger partial charge in [-0.3, -0.25) is 4.79 Å². The Labute approximate surface area is 218 Å². The fourth-order valence-electron chi connectivity index (χ4n) is 6.97. The number of ether oxygens (including phenoxy) is 2. The number of hydrogen-bond donors (Lipinski definition) is 1. The second-order valence-electron chi connectivity index (χ2n) is 11.8. The van der Waals surface area contributed by atoms with E-state index in [-0.39, 0.29) is 23.9 Å². The van der Waals surface area contributed by atoms with Crippen LogP contribution in [0.5, 0.6) is 0 Å². The number of fused-ring (bicyclic) bond motifs is 1. The highest BCUT2D eigenvalue weighted by Gasteiger charge is 2.52. The van der Waals surface area contributed by atoms with Crippen molar-refractivity contribution in [2.45, 2.75) is 90.4 Å². The predicted octanol–water partition coefficient (Wildman–Crippen LogP) is 5.41. The number of nitrogens with zero attached hydrogens (tertiary/aromatic N) is 1. The molecule has 1 saturated carbocycles. The van der Waals surface area contributed by atoms with Crippen LogP contribution >= 0.6 is 0 Å². The Balaban J connectivity index is 1.25. The molecule has 1 N–H and O–H groups in total. The second kappa shape index (κ2) is 12.2. The number of rotatable bonds is 9. The molecule has 1 saturated heterocycles. The van der Waals surface area contributed by atoms with E-state index in [1.165, 1.54) is 12.5 Å². The molecule has 3 aliphatic rings. The molecular weight excluding hydrogens is 450 g/mol. The molecule has 1 aromatic rings. The number of carbonyl (C=O) groups is 1. The van der Waals surface area contributed by atoms with Gasteiger partial charge in [-0.2, -0.15) is 0 Å². The predicted molar refractivity (Wildman–Crippen MR) is 144 cm³/mol. The molecule has 200 valence electrons. The summed E-state index contributed by atoms with van der Waals surface area (Å²) in [6.07, 6.45) is 9.41. The molecule has 0 spiro atoms. The molecule has 2 fully saturated rings. The topological polar surface area (TPSA) is 59.0 Å². The van der Waals surface area contributed by atoms with Gasteiger partial charge in [0.05, 0.1) is 11.7 Å². The Bertz CT molecular complexity index is 878. The highest BCUT2D eigenvalue weighted by Crippen LogP contribution is 2.51. The van der Waals surface area contributed by atoms with Crippen molar-refractivity contribution in [3.63, 3.8) is 0 Å². The summed E-state index contributed by atoms with van der Waals surface area (Å²) in [4.78, 5) is 14.2. The summed E-state index contributed by atoms with van der Waals surface area (Å²) in [5, 5.41) is 11.8. The Hall–Kier alpha value is -1.69. The summed E-state index contributed by atoms with van der Waals surface area (Å²) in [7, 11) is 0. The summed E-state index contributed by atoms with van der Waals surface area (Å²) in [5.41, 5.74) is 1.69. The fourth-order valence-corrected chi connectivity index (χ4v) is 6.97. The van der Waals surface area contributed by atoms with Crippen LogP contribution in [0.2, 0.25) is 0 Å². The number of esters is 1. The molecule has 36 heavy (non-hydrogen) atoms. The van der Waals surface area contributed by atoms with Crippen LogP contribution in [0.3, 0.4) is 0 Å². The first-order valence-electron chi connectivity index (χ1n) is 14.2. The molecule has 6 atom stereocenters. The van der Waals surface area contributed by atoms with Crippen molar-refractivity contribution in [1.82, 2.24) is 4.90 Å². The van der Waals surface area contributed by atoms with Crippen molar-refractivity contribution in [2.24, 2.45) is 23.7 Å². The lowest BCUT2D eigenvalue weighted by atomic mass is 9.57. The number of benzene rings is 1. The number of aliphatic hydroxyl groups is 1. The van der Waals surface area contributed by atoms with Crippen LogP contribution in [0, 0.1) is 23.7 Å². The van der Waals surface area contributed by atoms with Gasteiger partial charge in [0.2, 0.25) is 0 Å². The SMILES string of the molecule is CC(=O)O[C@@H]1C[C@@]2(O)[C@H](C)CC[C@@H]([C@H](C)CN3CCC(OCCCc4ccccc4)CC3)[C@H]2C=C1C. The summed E-state index contributed by atoms with van der Waals surface area (Å²) in [6, 6.07) is 10.7. The van der Waals surface area contributed by atoms with Gasteiger partial charge >= 0.3 is 5.97 Å². The van der Waals surface area contributed by atoms with E-state index in [0.717, 1.165) is 70.3 Å². The van der Waals surface area contributed by atoms with E-state index < -0.39 is 5.60 Å². The highest BCUT2D eigenvalue weighted by atomic mass is 16.5. The lowest BCUT2D eigenvalue weighted by molar-refractivity contribution is -0.159. The Kier molecular flexibility index (Phi) is 9.29. The lowest BCUT2D eigenvalue weighted by Gasteiger charge is -2.53. The van der Waals surface area contributed by atoms with Gasteiger partial charge in [0, 0.05) is 45.5 Å². The molecule has 0 aromatic heterocycles. The third-order valence-electron chi connectivity index (χ3n) is 9.21. The summed E-state index contributed by atoms with van der Waals surface area (Å²) < 4.78 is 11.8. The molecule has 1 aromatic carbocycles. The summed E-state index contributed by atoms with van der Waals surface area (Å²) in [6.45, 7) is 12.1. The molecule has 2 aliphatic carbocycles. The van der Waals surface area contributed by atoms with E-state index in [1.807, 2.05) is 0 Å². The molecule has 1 aliphatic heterocycles. The molecule has 0 radical (unpaired) electrons. The number of likely N-dealkylation sites (tertiary alicyclic amines) is 1. The quantitative estimate of drug-likeness (QED) is 0.281.